The summed E-state index contributed by atoms with van der Waals surface area (Å²) in [5.41, 5.74) is 1.86. The largest absolute Gasteiger partial charge is 0.495 e. The van der Waals surface area contributed by atoms with Crippen molar-refractivity contribution in [1.29, 1.82) is 0 Å². The molecule has 0 amide bonds. The summed E-state index contributed by atoms with van der Waals surface area (Å²) in [6.45, 7) is -2.88. The third-order valence-corrected chi connectivity index (χ3v) is 3.99. The number of benzene rings is 2. The maximum absolute atomic E-state index is 12.5. The van der Waals surface area contributed by atoms with Crippen LogP contribution in [-0.2, 0) is 0 Å². The summed E-state index contributed by atoms with van der Waals surface area (Å²) in [7, 11) is 1.59. The normalized spacial score (nSPS) is 10.7. The minimum Gasteiger partial charge on any atom is -0.495 e. The fourth-order valence-corrected chi connectivity index (χ4v) is 2.92. The average Bonchev–Trinajstić information content (AvgIpc) is 3.03. The molecule has 1 aromatic heterocycles. The van der Waals surface area contributed by atoms with Gasteiger partial charge in [0.2, 0.25) is 0 Å². The number of hydrogen-bond donors (Lipinski definition) is 1. The number of rotatable bonds is 6. The van der Waals surface area contributed by atoms with Crippen LogP contribution in [0.5, 0.6) is 11.5 Å². The van der Waals surface area contributed by atoms with Crippen molar-refractivity contribution < 1.29 is 18.3 Å². The number of nitrogens with zero attached hydrogens (tertiary/aromatic N) is 1. The van der Waals surface area contributed by atoms with E-state index in [0.29, 0.717) is 22.1 Å². The maximum atomic E-state index is 12.5. The molecular formula is C17H14F2N2O2S. The number of hydrogen-bond acceptors (Lipinski definition) is 5. The van der Waals surface area contributed by atoms with Gasteiger partial charge in [-0.25, -0.2) is 4.98 Å². The van der Waals surface area contributed by atoms with Crippen molar-refractivity contribution in [3.8, 4) is 22.8 Å². The third kappa shape index (κ3) is 3.62. The Morgan fingerprint density at radius 3 is 2.50 bits per heavy atom. The number of halogens is 2. The lowest BCUT2D eigenvalue weighted by atomic mass is 10.1. The Kier molecular flexibility index (Phi) is 4.90. The molecule has 0 aliphatic rings. The van der Waals surface area contributed by atoms with Crippen LogP contribution < -0.4 is 14.8 Å². The van der Waals surface area contributed by atoms with Crippen LogP contribution in [0.3, 0.4) is 0 Å². The summed E-state index contributed by atoms with van der Waals surface area (Å²) in [4.78, 5) is 4.45. The molecular weight excluding hydrogens is 334 g/mol. The summed E-state index contributed by atoms with van der Waals surface area (Å²) >= 11 is 1.37. The molecule has 0 aliphatic carbocycles. The summed E-state index contributed by atoms with van der Waals surface area (Å²) in [5, 5.41) is 5.58. The minimum atomic E-state index is -2.88. The van der Waals surface area contributed by atoms with Crippen LogP contribution in [0.2, 0.25) is 0 Å². The molecule has 0 unspecified atom stereocenters. The zero-order valence-corrected chi connectivity index (χ0v) is 13.5. The lowest BCUT2D eigenvalue weighted by Crippen LogP contribution is -2.03. The highest BCUT2D eigenvalue weighted by molar-refractivity contribution is 7.14. The number of para-hydroxylation sites is 3. The molecule has 0 saturated carbocycles. The van der Waals surface area contributed by atoms with Crippen LogP contribution in [0.15, 0.2) is 53.9 Å². The second-order valence-corrected chi connectivity index (χ2v) is 5.60. The van der Waals surface area contributed by atoms with Crippen molar-refractivity contribution >= 4 is 22.2 Å². The number of alkyl halides is 2. The fraction of sp³-hybridized carbons (Fsp3) is 0.118. The van der Waals surface area contributed by atoms with Crippen LogP contribution in [0, 0.1) is 0 Å². The number of methoxy groups -OCH3 is 1. The molecule has 2 aromatic carbocycles. The summed E-state index contributed by atoms with van der Waals surface area (Å²) < 4.78 is 34.9. The Bertz CT molecular complexity index is 824. The van der Waals surface area contributed by atoms with Gasteiger partial charge < -0.3 is 14.8 Å². The lowest BCUT2D eigenvalue weighted by Gasteiger charge is -2.09. The van der Waals surface area contributed by atoms with Gasteiger partial charge in [-0.15, -0.1) is 11.3 Å². The van der Waals surface area contributed by atoms with Crippen LogP contribution >= 0.6 is 11.3 Å². The lowest BCUT2D eigenvalue weighted by molar-refractivity contribution is -0.0494. The average molecular weight is 348 g/mol. The molecule has 0 atom stereocenters. The topological polar surface area (TPSA) is 43.4 Å². The fourth-order valence-electron chi connectivity index (χ4n) is 2.19. The van der Waals surface area contributed by atoms with E-state index in [1.54, 1.807) is 30.7 Å². The monoisotopic (exact) mass is 348 g/mol. The van der Waals surface area contributed by atoms with Crippen molar-refractivity contribution in [2.45, 2.75) is 6.61 Å². The predicted molar refractivity (Wildman–Crippen MR) is 90.5 cm³/mol. The zero-order chi connectivity index (χ0) is 16.9. The highest BCUT2D eigenvalue weighted by Gasteiger charge is 2.14. The Morgan fingerprint density at radius 1 is 1.04 bits per heavy atom. The van der Waals surface area contributed by atoms with Crippen molar-refractivity contribution in [3.05, 3.63) is 53.9 Å². The van der Waals surface area contributed by atoms with Crippen LogP contribution in [-0.4, -0.2) is 18.7 Å². The Morgan fingerprint density at radius 2 is 1.75 bits per heavy atom. The van der Waals surface area contributed by atoms with Crippen molar-refractivity contribution in [1.82, 2.24) is 4.98 Å². The summed E-state index contributed by atoms with van der Waals surface area (Å²) in [6, 6.07) is 14.0. The molecule has 3 rings (SSSR count). The van der Waals surface area contributed by atoms with Gasteiger partial charge in [0.25, 0.3) is 0 Å². The van der Waals surface area contributed by atoms with E-state index in [1.165, 1.54) is 17.4 Å². The number of thiazole rings is 1. The molecule has 0 radical (unpaired) electrons. The SMILES string of the molecule is COc1ccccc1Nc1nc(-c2ccccc2OC(F)F)cs1. The molecule has 0 bridgehead atoms. The van der Waals surface area contributed by atoms with Crippen molar-refractivity contribution in [3.63, 3.8) is 0 Å². The highest BCUT2D eigenvalue weighted by Crippen LogP contribution is 2.35. The van der Waals surface area contributed by atoms with Crippen molar-refractivity contribution in [2.24, 2.45) is 0 Å². The molecule has 0 aliphatic heterocycles. The standard InChI is InChI=1S/C17H14F2N2O2S/c1-22-15-9-5-3-7-12(15)20-17-21-13(10-24-17)11-6-2-4-8-14(11)23-16(18)19/h2-10,16H,1H3,(H,20,21). The molecule has 4 nitrogen and oxygen atoms in total. The van der Waals surface area contributed by atoms with E-state index in [0.717, 1.165) is 5.69 Å². The van der Waals surface area contributed by atoms with Gasteiger partial charge in [-0.1, -0.05) is 24.3 Å². The summed E-state index contributed by atoms with van der Waals surface area (Å²) in [6.07, 6.45) is 0. The van der Waals surface area contributed by atoms with E-state index in [4.69, 9.17) is 4.74 Å². The molecule has 1 N–H and O–H groups in total. The second-order valence-electron chi connectivity index (χ2n) is 4.74. The molecule has 0 fully saturated rings. The first kappa shape index (κ1) is 16.2. The molecule has 7 heteroatoms. The van der Waals surface area contributed by atoms with E-state index >= 15 is 0 Å². The van der Waals surface area contributed by atoms with Gasteiger partial charge in [-0.2, -0.15) is 8.78 Å². The van der Waals surface area contributed by atoms with E-state index < -0.39 is 6.61 Å². The van der Waals surface area contributed by atoms with Gasteiger partial charge in [0, 0.05) is 10.9 Å². The molecule has 24 heavy (non-hydrogen) atoms. The van der Waals surface area contributed by atoms with Gasteiger partial charge in [0.1, 0.15) is 11.5 Å². The molecule has 3 aromatic rings. The highest BCUT2D eigenvalue weighted by atomic mass is 32.1. The maximum Gasteiger partial charge on any atom is 0.387 e. The second kappa shape index (κ2) is 7.27. The van der Waals surface area contributed by atoms with Crippen LogP contribution in [0.4, 0.5) is 19.6 Å². The molecule has 0 saturated heterocycles. The van der Waals surface area contributed by atoms with E-state index in [2.05, 4.69) is 15.0 Å². The Balaban J connectivity index is 1.86. The summed E-state index contributed by atoms with van der Waals surface area (Å²) in [5.74, 6) is 0.789. The number of anilines is 2. The Hall–Kier alpha value is -2.67. The van der Waals surface area contributed by atoms with Gasteiger partial charge in [-0.05, 0) is 24.3 Å². The molecule has 0 spiro atoms. The minimum absolute atomic E-state index is 0.0987. The van der Waals surface area contributed by atoms with E-state index in [-0.39, 0.29) is 5.75 Å². The first-order valence-electron chi connectivity index (χ1n) is 7.07. The number of aromatic nitrogens is 1. The van der Waals surface area contributed by atoms with E-state index in [1.807, 2.05) is 24.3 Å². The third-order valence-electron chi connectivity index (χ3n) is 3.23. The zero-order valence-electron chi connectivity index (χ0n) is 12.7. The number of nitrogens with one attached hydrogen (secondary N) is 1. The first-order chi connectivity index (χ1) is 11.7. The smallest absolute Gasteiger partial charge is 0.387 e. The van der Waals surface area contributed by atoms with Gasteiger partial charge >= 0.3 is 6.61 Å². The quantitative estimate of drug-likeness (QED) is 0.668. The number of ether oxygens (including phenoxy) is 2. The van der Waals surface area contributed by atoms with Crippen molar-refractivity contribution in [2.75, 3.05) is 12.4 Å². The van der Waals surface area contributed by atoms with Gasteiger partial charge in [-0.3, -0.25) is 0 Å². The molecule has 1 heterocycles. The Labute approximate surface area is 141 Å². The first-order valence-corrected chi connectivity index (χ1v) is 7.95. The van der Waals surface area contributed by atoms with Crippen LogP contribution in [0.1, 0.15) is 0 Å². The van der Waals surface area contributed by atoms with E-state index in [9.17, 15) is 8.78 Å². The van der Waals surface area contributed by atoms with Gasteiger partial charge in [0.15, 0.2) is 5.13 Å². The van der Waals surface area contributed by atoms with Crippen LogP contribution in [0.25, 0.3) is 11.3 Å². The molecule has 124 valence electrons. The van der Waals surface area contributed by atoms with Gasteiger partial charge in [0.05, 0.1) is 18.5 Å². The predicted octanol–water partition coefficient (Wildman–Crippen LogP) is 5.16.